The van der Waals surface area contributed by atoms with Gasteiger partial charge in [0, 0.05) is 11.1 Å². The van der Waals surface area contributed by atoms with Gasteiger partial charge in [-0.05, 0) is 30.7 Å². The number of furan rings is 1. The van der Waals surface area contributed by atoms with Gasteiger partial charge >= 0.3 is 0 Å². The zero-order valence-electron chi connectivity index (χ0n) is 9.62. The highest BCUT2D eigenvalue weighted by Gasteiger charge is 2.19. The highest BCUT2D eigenvalue weighted by molar-refractivity contribution is 6.36. The van der Waals surface area contributed by atoms with Crippen molar-refractivity contribution in [2.24, 2.45) is 0 Å². The number of hydrogen-bond donors (Lipinski definition) is 0. The minimum absolute atomic E-state index is 0.472. The third-order valence-electron chi connectivity index (χ3n) is 2.42. The molecule has 1 unspecified atom stereocenters. The highest BCUT2D eigenvalue weighted by atomic mass is 35.5. The Morgan fingerprint density at radius 1 is 1.28 bits per heavy atom. The Morgan fingerprint density at radius 3 is 2.67 bits per heavy atom. The van der Waals surface area contributed by atoms with E-state index in [1.54, 1.807) is 30.5 Å². The molecule has 1 heterocycles. The van der Waals surface area contributed by atoms with Crippen LogP contribution in [0.2, 0.25) is 10.0 Å². The van der Waals surface area contributed by atoms with Crippen LogP contribution in [-0.4, -0.2) is 6.61 Å². The SMILES string of the molecule is CCOc1cc(Cl)c(C(Cl)c2ccco2)cc1Cl. The first kappa shape index (κ1) is 13.6. The first-order chi connectivity index (χ1) is 8.63. The monoisotopic (exact) mass is 304 g/mol. The van der Waals surface area contributed by atoms with Crippen molar-refractivity contribution >= 4 is 34.8 Å². The van der Waals surface area contributed by atoms with E-state index in [9.17, 15) is 0 Å². The molecule has 0 fully saturated rings. The Morgan fingerprint density at radius 2 is 2.06 bits per heavy atom. The number of ether oxygens (including phenoxy) is 1. The molecule has 0 amide bonds. The van der Waals surface area contributed by atoms with Gasteiger partial charge in [-0.15, -0.1) is 11.6 Å². The minimum Gasteiger partial charge on any atom is -0.492 e. The summed E-state index contributed by atoms with van der Waals surface area (Å²) in [5.41, 5.74) is 0.696. The van der Waals surface area contributed by atoms with Gasteiger partial charge in [0.05, 0.1) is 17.9 Å². The summed E-state index contributed by atoms with van der Waals surface area (Å²) in [4.78, 5) is 0. The van der Waals surface area contributed by atoms with Crippen molar-refractivity contribution in [1.82, 2.24) is 0 Å². The highest BCUT2D eigenvalue weighted by Crippen LogP contribution is 2.39. The van der Waals surface area contributed by atoms with Gasteiger partial charge in [-0.2, -0.15) is 0 Å². The summed E-state index contributed by atoms with van der Waals surface area (Å²) in [7, 11) is 0. The number of hydrogen-bond acceptors (Lipinski definition) is 2. The summed E-state index contributed by atoms with van der Waals surface area (Å²) in [6.45, 7) is 2.41. The smallest absolute Gasteiger partial charge is 0.139 e. The van der Waals surface area contributed by atoms with Crippen LogP contribution in [0.5, 0.6) is 5.75 Å². The molecule has 1 atom stereocenters. The van der Waals surface area contributed by atoms with Gasteiger partial charge in [-0.25, -0.2) is 0 Å². The molecule has 18 heavy (non-hydrogen) atoms. The number of benzene rings is 1. The zero-order chi connectivity index (χ0) is 13.1. The van der Waals surface area contributed by atoms with Gasteiger partial charge in [0.2, 0.25) is 0 Å². The first-order valence-corrected chi connectivity index (χ1v) is 6.62. The summed E-state index contributed by atoms with van der Waals surface area (Å²) in [5, 5.41) is 0.508. The van der Waals surface area contributed by atoms with Crippen LogP contribution in [0.25, 0.3) is 0 Å². The van der Waals surface area contributed by atoms with Crippen molar-refractivity contribution in [2.45, 2.75) is 12.3 Å². The molecule has 5 heteroatoms. The lowest BCUT2D eigenvalue weighted by Crippen LogP contribution is -1.97. The third-order valence-corrected chi connectivity index (χ3v) is 3.49. The maximum Gasteiger partial charge on any atom is 0.139 e. The molecule has 2 rings (SSSR count). The summed E-state index contributed by atoms with van der Waals surface area (Å²) in [6.07, 6.45) is 1.56. The summed E-state index contributed by atoms with van der Waals surface area (Å²) < 4.78 is 10.6. The predicted molar refractivity (Wildman–Crippen MR) is 74.0 cm³/mol. The average Bonchev–Trinajstić information content (AvgIpc) is 2.86. The maximum atomic E-state index is 6.30. The van der Waals surface area contributed by atoms with Crippen molar-refractivity contribution in [3.63, 3.8) is 0 Å². The fraction of sp³-hybridized carbons (Fsp3) is 0.231. The lowest BCUT2D eigenvalue weighted by molar-refractivity contribution is 0.340. The molecule has 0 aliphatic heterocycles. The van der Waals surface area contributed by atoms with Gasteiger partial charge < -0.3 is 9.15 Å². The Bertz CT molecular complexity index is 523. The molecule has 0 spiro atoms. The van der Waals surface area contributed by atoms with Crippen LogP contribution in [0.3, 0.4) is 0 Å². The van der Waals surface area contributed by atoms with E-state index >= 15 is 0 Å². The second-order valence-electron chi connectivity index (χ2n) is 3.62. The predicted octanol–water partition coefficient (Wildman–Crippen LogP) is 5.31. The largest absolute Gasteiger partial charge is 0.492 e. The Labute approximate surface area is 120 Å². The lowest BCUT2D eigenvalue weighted by Gasteiger charge is -2.13. The fourth-order valence-corrected chi connectivity index (χ4v) is 2.44. The second kappa shape index (κ2) is 5.87. The normalized spacial score (nSPS) is 12.4. The average molecular weight is 306 g/mol. The maximum absolute atomic E-state index is 6.30. The number of rotatable bonds is 4. The molecule has 0 saturated carbocycles. The van der Waals surface area contributed by atoms with E-state index in [0.717, 1.165) is 0 Å². The van der Waals surface area contributed by atoms with E-state index in [4.69, 9.17) is 44.0 Å². The molecule has 1 aromatic heterocycles. The molecule has 2 nitrogen and oxygen atoms in total. The van der Waals surface area contributed by atoms with Gasteiger partial charge in [0.1, 0.15) is 16.9 Å². The molecular weight excluding hydrogens is 294 g/mol. The molecule has 96 valence electrons. The van der Waals surface area contributed by atoms with E-state index in [1.165, 1.54) is 0 Å². The Balaban J connectivity index is 2.37. The van der Waals surface area contributed by atoms with E-state index in [0.29, 0.717) is 33.7 Å². The minimum atomic E-state index is -0.472. The molecule has 0 aliphatic carbocycles. The quantitative estimate of drug-likeness (QED) is 0.714. The third kappa shape index (κ3) is 2.77. The molecule has 2 aromatic rings. The van der Waals surface area contributed by atoms with Crippen molar-refractivity contribution in [3.05, 3.63) is 51.9 Å². The van der Waals surface area contributed by atoms with E-state index in [1.807, 2.05) is 6.92 Å². The second-order valence-corrected chi connectivity index (χ2v) is 4.87. The van der Waals surface area contributed by atoms with Crippen LogP contribution in [0, 0.1) is 0 Å². The zero-order valence-corrected chi connectivity index (χ0v) is 11.9. The molecule has 0 bridgehead atoms. The van der Waals surface area contributed by atoms with Crippen LogP contribution in [0.4, 0.5) is 0 Å². The molecule has 1 aromatic carbocycles. The summed E-state index contributed by atoms with van der Waals surface area (Å²) in [5.74, 6) is 1.18. The van der Waals surface area contributed by atoms with Crippen molar-refractivity contribution in [1.29, 1.82) is 0 Å². The van der Waals surface area contributed by atoms with Gasteiger partial charge in [0.15, 0.2) is 0 Å². The van der Waals surface area contributed by atoms with E-state index in [2.05, 4.69) is 0 Å². The summed E-state index contributed by atoms with van der Waals surface area (Å²) >= 11 is 18.6. The number of alkyl halides is 1. The van der Waals surface area contributed by atoms with E-state index in [-0.39, 0.29) is 0 Å². The van der Waals surface area contributed by atoms with Gasteiger partial charge in [-0.3, -0.25) is 0 Å². The van der Waals surface area contributed by atoms with Crippen LogP contribution in [0.15, 0.2) is 34.9 Å². The molecular formula is C13H11Cl3O2. The summed E-state index contributed by atoms with van der Waals surface area (Å²) in [6, 6.07) is 6.93. The van der Waals surface area contributed by atoms with Crippen molar-refractivity contribution < 1.29 is 9.15 Å². The van der Waals surface area contributed by atoms with Crippen LogP contribution in [-0.2, 0) is 0 Å². The molecule has 0 radical (unpaired) electrons. The van der Waals surface area contributed by atoms with Crippen LogP contribution < -0.4 is 4.74 Å². The van der Waals surface area contributed by atoms with Gasteiger partial charge in [-0.1, -0.05) is 23.2 Å². The Hall–Kier alpha value is -0.830. The van der Waals surface area contributed by atoms with Gasteiger partial charge in [0.25, 0.3) is 0 Å². The fourth-order valence-electron chi connectivity index (χ4n) is 1.59. The topological polar surface area (TPSA) is 22.4 Å². The van der Waals surface area contributed by atoms with Crippen LogP contribution in [0.1, 0.15) is 23.6 Å². The van der Waals surface area contributed by atoms with Crippen LogP contribution >= 0.6 is 34.8 Å². The lowest BCUT2D eigenvalue weighted by atomic mass is 10.1. The van der Waals surface area contributed by atoms with Crippen molar-refractivity contribution in [3.8, 4) is 5.75 Å². The Kier molecular flexibility index (Phi) is 4.44. The number of halogens is 3. The van der Waals surface area contributed by atoms with Crippen molar-refractivity contribution in [2.75, 3.05) is 6.61 Å². The molecule has 0 saturated heterocycles. The molecule has 0 N–H and O–H groups in total. The standard InChI is InChI=1S/C13H11Cl3O2/c1-2-17-12-7-9(14)8(6-10(12)15)13(16)11-4-3-5-18-11/h3-7,13H,2H2,1H3. The first-order valence-electron chi connectivity index (χ1n) is 5.42. The van der Waals surface area contributed by atoms with E-state index < -0.39 is 5.38 Å². The molecule has 0 aliphatic rings.